The second kappa shape index (κ2) is 5.63. The van der Waals surface area contributed by atoms with Gasteiger partial charge in [-0.15, -0.1) is 0 Å². The van der Waals surface area contributed by atoms with Crippen LogP contribution in [0.15, 0.2) is 6.20 Å². The van der Waals surface area contributed by atoms with Gasteiger partial charge in [0.1, 0.15) is 5.82 Å². The van der Waals surface area contributed by atoms with Crippen molar-refractivity contribution in [2.45, 2.75) is 38.9 Å². The maximum atomic E-state index is 6.12. The van der Waals surface area contributed by atoms with Crippen LogP contribution >= 0.6 is 11.6 Å². The monoisotopic (exact) mass is 325 g/mol. The Morgan fingerprint density at radius 1 is 1.14 bits per heavy atom. The smallest absolute Gasteiger partial charge is 0.399 e. The van der Waals surface area contributed by atoms with Gasteiger partial charge in [0.25, 0.3) is 0 Å². The molecule has 2 fully saturated rings. The first kappa shape index (κ1) is 16.0. The van der Waals surface area contributed by atoms with Crippen LogP contribution in [-0.4, -0.2) is 54.6 Å². The fraction of sp³-hybridized carbons (Fsp3) is 0.714. The molecule has 2 aliphatic heterocycles. The van der Waals surface area contributed by atoms with Gasteiger partial charge in [0.2, 0.25) is 5.28 Å². The van der Waals surface area contributed by atoms with Crippen LogP contribution in [0.1, 0.15) is 27.7 Å². The molecular formula is C14H21BClN3O3. The number of nitrogens with zero attached hydrogens (tertiary/aromatic N) is 3. The first-order valence-corrected chi connectivity index (χ1v) is 7.89. The van der Waals surface area contributed by atoms with Crippen LogP contribution in [0, 0.1) is 0 Å². The van der Waals surface area contributed by atoms with Gasteiger partial charge < -0.3 is 18.9 Å². The van der Waals surface area contributed by atoms with Crippen molar-refractivity contribution in [2.24, 2.45) is 0 Å². The normalized spacial score (nSPS) is 23.9. The van der Waals surface area contributed by atoms with Crippen molar-refractivity contribution in [3.05, 3.63) is 11.5 Å². The molecule has 0 atom stereocenters. The van der Waals surface area contributed by atoms with E-state index in [-0.39, 0.29) is 5.28 Å². The summed E-state index contributed by atoms with van der Waals surface area (Å²) >= 11 is 5.99. The molecule has 0 bridgehead atoms. The van der Waals surface area contributed by atoms with Crippen LogP contribution in [0.2, 0.25) is 5.28 Å². The summed E-state index contributed by atoms with van der Waals surface area (Å²) in [6.45, 7) is 11.0. The number of ether oxygens (including phenoxy) is 1. The SMILES string of the molecule is CC1(C)OB(c2cnc(Cl)nc2N2CCOCC2)OC1(C)C. The van der Waals surface area contributed by atoms with Gasteiger partial charge in [0.15, 0.2) is 0 Å². The van der Waals surface area contributed by atoms with E-state index in [9.17, 15) is 0 Å². The third kappa shape index (κ3) is 2.83. The lowest BCUT2D eigenvalue weighted by Crippen LogP contribution is -2.44. The lowest BCUT2D eigenvalue weighted by Gasteiger charge is -2.32. The van der Waals surface area contributed by atoms with E-state index in [4.69, 9.17) is 25.6 Å². The van der Waals surface area contributed by atoms with Gasteiger partial charge in [-0.2, -0.15) is 0 Å². The maximum Gasteiger partial charge on any atom is 0.500 e. The van der Waals surface area contributed by atoms with Crippen LogP contribution in [-0.2, 0) is 14.0 Å². The minimum atomic E-state index is -0.500. The number of anilines is 1. The first-order chi connectivity index (χ1) is 10.3. The van der Waals surface area contributed by atoms with Gasteiger partial charge in [0, 0.05) is 24.7 Å². The molecule has 1 aromatic heterocycles. The summed E-state index contributed by atoms with van der Waals surface area (Å²) in [7, 11) is -0.500. The zero-order chi connectivity index (χ0) is 16.0. The summed E-state index contributed by atoms with van der Waals surface area (Å²) in [6, 6.07) is 0. The summed E-state index contributed by atoms with van der Waals surface area (Å²) in [5.74, 6) is 0.766. The first-order valence-electron chi connectivity index (χ1n) is 7.51. The Kier molecular flexibility index (Phi) is 4.10. The predicted octanol–water partition coefficient (Wildman–Crippen LogP) is 1.27. The molecule has 6 nitrogen and oxygen atoms in total. The summed E-state index contributed by atoms with van der Waals surface area (Å²) in [6.07, 6.45) is 1.70. The third-order valence-electron chi connectivity index (χ3n) is 4.58. The average Bonchev–Trinajstić information content (AvgIpc) is 2.68. The fourth-order valence-corrected chi connectivity index (χ4v) is 2.65. The molecule has 0 aromatic carbocycles. The summed E-state index contributed by atoms with van der Waals surface area (Å²) in [5.41, 5.74) is 0.00375. The molecule has 0 N–H and O–H groups in total. The van der Waals surface area contributed by atoms with Crippen LogP contribution in [0.25, 0.3) is 0 Å². The zero-order valence-corrected chi connectivity index (χ0v) is 14.2. The fourth-order valence-electron chi connectivity index (χ4n) is 2.53. The van der Waals surface area contributed by atoms with Gasteiger partial charge in [-0.3, -0.25) is 0 Å². The van der Waals surface area contributed by atoms with E-state index < -0.39 is 18.3 Å². The molecule has 22 heavy (non-hydrogen) atoms. The lowest BCUT2D eigenvalue weighted by atomic mass is 9.80. The van der Waals surface area contributed by atoms with Crippen molar-refractivity contribution in [3.63, 3.8) is 0 Å². The van der Waals surface area contributed by atoms with Gasteiger partial charge >= 0.3 is 7.12 Å². The molecule has 0 unspecified atom stereocenters. The van der Waals surface area contributed by atoms with Gasteiger partial charge in [-0.25, -0.2) is 9.97 Å². The number of morpholine rings is 1. The summed E-state index contributed by atoms with van der Waals surface area (Å²) in [4.78, 5) is 10.6. The molecule has 120 valence electrons. The van der Waals surface area contributed by atoms with Crippen molar-refractivity contribution >= 4 is 30.0 Å². The van der Waals surface area contributed by atoms with Gasteiger partial charge in [-0.1, -0.05) is 0 Å². The molecule has 2 aliphatic rings. The highest BCUT2D eigenvalue weighted by molar-refractivity contribution is 6.63. The van der Waals surface area contributed by atoms with E-state index in [1.54, 1.807) is 6.20 Å². The third-order valence-corrected chi connectivity index (χ3v) is 4.77. The Balaban J connectivity index is 1.94. The van der Waals surface area contributed by atoms with E-state index in [1.165, 1.54) is 0 Å². The van der Waals surface area contributed by atoms with Gasteiger partial charge in [0.05, 0.1) is 24.4 Å². The highest BCUT2D eigenvalue weighted by atomic mass is 35.5. The van der Waals surface area contributed by atoms with E-state index >= 15 is 0 Å². The quantitative estimate of drug-likeness (QED) is 0.603. The van der Waals surface area contributed by atoms with Crippen molar-refractivity contribution in [3.8, 4) is 0 Å². The molecule has 0 spiro atoms. The maximum absolute atomic E-state index is 6.12. The molecule has 0 radical (unpaired) electrons. The predicted molar refractivity (Wildman–Crippen MR) is 85.8 cm³/mol. The number of rotatable bonds is 2. The molecule has 0 aliphatic carbocycles. The van der Waals surface area contributed by atoms with Crippen LogP contribution < -0.4 is 10.4 Å². The Morgan fingerprint density at radius 2 is 1.73 bits per heavy atom. The van der Waals surface area contributed by atoms with Crippen molar-refractivity contribution in [2.75, 3.05) is 31.2 Å². The lowest BCUT2D eigenvalue weighted by molar-refractivity contribution is 0.00578. The van der Waals surface area contributed by atoms with E-state index in [0.717, 1.165) is 24.4 Å². The Bertz CT molecular complexity index is 548. The largest absolute Gasteiger partial charge is 0.500 e. The number of aromatic nitrogens is 2. The second-order valence-corrected chi connectivity index (χ2v) is 6.94. The Morgan fingerprint density at radius 3 is 2.32 bits per heavy atom. The van der Waals surface area contributed by atoms with Crippen LogP contribution in [0.5, 0.6) is 0 Å². The van der Waals surface area contributed by atoms with Crippen molar-refractivity contribution in [1.82, 2.24) is 9.97 Å². The minimum Gasteiger partial charge on any atom is -0.399 e. The van der Waals surface area contributed by atoms with Crippen molar-refractivity contribution in [1.29, 1.82) is 0 Å². The average molecular weight is 326 g/mol. The van der Waals surface area contributed by atoms with Crippen LogP contribution in [0.4, 0.5) is 5.82 Å². The zero-order valence-electron chi connectivity index (χ0n) is 13.4. The number of hydrogen-bond donors (Lipinski definition) is 0. The number of hydrogen-bond acceptors (Lipinski definition) is 6. The Hall–Kier alpha value is -0.885. The van der Waals surface area contributed by atoms with E-state index in [0.29, 0.717) is 13.2 Å². The Labute approximate surface area is 136 Å². The van der Waals surface area contributed by atoms with E-state index in [2.05, 4.69) is 14.9 Å². The van der Waals surface area contributed by atoms with E-state index in [1.807, 2.05) is 27.7 Å². The number of halogens is 1. The summed E-state index contributed by atoms with van der Waals surface area (Å²) < 4.78 is 17.6. The summed E-state index contributed by atoms with van der Waals surface area (Å²) in [5, 5.41) is 0.224. The topological polar surface area (TPSA) is 56.7 Å². The minimum absolute atomic E-state index is 0.224. The molecule has 0 amide bonds. The van der Waals surface area contributed by atoms with Crippen molar-refractivity contribution < 1.29 is 14.0 Å². The molecule has 2 saturated heterocycles. The highest BCUT2D eigenvalue weighted by Crippen LogP contribution is 2.37. The molecular weight excluding hydrogens is 304 g/mol. The second-order valence-electron chi connectivity index (χ2n) is 6.61. The highest BCUT2D eigenvalue weighted by Gasteiger charge is 2.53. The standard InChI is InChI=1S/C14H21BClN3O3/c1-13(2)14(3,4)22-15(21-13)10-9-17-12(16)18-11(10)19-5-7-20-8-6-19/h9H,5-8H2,1-4H3. The molecule has 0 saturated carbocycles. The van der Waals surface area contributed by atoms with Gasteiger partial charge in [-0.05, 0) is 39.3 Å². The molecule has 3 rings (SSSR count). The molecule has 3 heterocycles. The molecule has 8 heteroatoms. The molecule has 1 aromatic rings. The van der Waals surface area contributed by atoms with Crippen LogP contribution in [0.3, 0.4) is 0 Å².